The smallest absolute Gasteiger partial charge is 0.328 e. The van der Waals surface area contributed by atoms with Gasteiger partial charge in [0.2, 0.25) is 29.5 Å². The number of esters is 1. The number of hydrogen-bond acceptors (Lipinski definition) is 11. The number of rotatable bonds is 18. The van der Waals surface area contributed by atoms with Crippen LogP contribution in [0.1, 0.15) is 45.1 Å². The molecule has 18 nitrogen and oxygen atoms in total. The van der Waals surface area contributed by atoms with Crippen LogP contribution in [-0.4, -0.2) is 102 Å². The lowest BCUT2D eigenvalue weighted by atomic mass is 10.0. The molecule has 12 N–H and O–H groups in total. The van der Waals surface area contributed by atoms with Crippen LogP contribution in [-0.2, 0) is 40.1 Å². The first-order valence-corrected chi connectivity index (χ1v) is 15.0. The number of aliphatic hydroxyl groups excluding tert-OH is 2. The molecule has 7 amide bonds. The largest absolute Gasteiger partial charge is 0.464 e. The van der Waals surface area contributed by atoms with Crippen molar-refractivity contribution in [3.05, 3.63) is 29.8 Å². The second kappa shape index (κ2) is 19.0. The molecule has 260 valence electrons. The summed E-state index contributed by atoms with van der Waals surface area (Å²) in [6, 6.07) is -0.554. The first kappa shape index (κ1) is 38.4. The number of ether oxygens (including phenoxy) is 1. The second-order valence-corrected chi connectivity index (χ2v) is 11.2. The second-order valence-electron chi connectivity index (χ2n) is 11.2. The number of aliphatic hydroxyl groups is 2. The van der Waals surface area contributed by atoms with Gasteiger partial charge in [-0.2, -0.15) is 0 Å². The molecule has 18 heteroatoms. The highest BCUT2D eigenvalue weighted by Gasteiger charge is 2.33. The number of carbonyl (C=O) groups is 7. The molecule has 1 saturated heterocycles. The molecular weight excluding hydrogens is 620 g/mol. The van der Waals surface area contributed by atoms with Gasteiger partial charge in [-0.3, -0.25) is 24.0 Å². The molecular formula is C29H44N8O10. The predicted octanol–water partition coefficient (Wildman–Crippen LogP) is -3.18. The molecule has 1 aromatic carbocycles. The Labute approximate surface area is 271 Å². The quantitative estimate of drug-likeness (QED) is 0.0551. The van der Waals surface area contributed by atoms with Gasteiger partial charge in [0, 0.05) is 18.7 Å². The highest BCUT2D eigenvalue weighted by molar-refractivity contribution is 5.99. The first-order valence-electron chi connectivity index (χ1n) is 15.0. The van der Waals surface area contributed by atoms with Gasteiger partial charge in [-0.15, -0.1) is 0 Å². The predicted molar refractivity (Wildman–Crippen MR) is 166 cm³/mol. The molecule has 0 spiro atoms. The number of anilines is 1. The molecule has 0 saturated carbocycles. The van der Waals surface area contributed by atoms with Gasteiger partial charge in [0.05, 0.1) is 32.3 Å². The van der Waals surface area contributed by atoms with Crippen LogP contribution in [0.2, 0.25) is 0 Å². The molecule has 47 heavy (non-hydrogen) atoms. The average Bonchev–Trinajstić information content (AvgIpc) is 3.42. The van der Waals surface area contributed by atoms with E-state index in [0.717, 1.165) is 0 Å². The third-order valence-corrected chi connectivity index (χ3v) is 7.08. The zero-order valence-corrected chi connectivity index (χ0v) is 26.2. The summed E-state index contributed by atoms with van der Waals surface area (Å²) in [7, 11) is 0. The Hall–Kier alpha value is -4.81. The number of hydrogen-bond donors (Lipinski definition) is 10. The average molecular weight is 665 g/mol. The fourth-order valence-electron chi connectivity index (χ4n) is 4.41. The molecule has 1 aromatic rings. The Morgan fingerprint density at radius 1 is 0.936 bits per heavy atom. The van der Waals surface area contributed by atoms with Crippen LogP contribution >= 0.6 is 0 Å². The fraction of sp³-hybridized carbons (Fsp3) is 0.552. The maximum atomic E-state index is 13.4. The molecule has 1 heterocycles. The number of primary amides is 1. The van der Waals surface area contributed by atoms with E-state index in [4.69, 9.17) is 16.2 Å². The summed E-state index contributed by atoms with van der Waals surface area (Å²) in [6.07, 6.45) is 0.0933. The number of nitrogens with one attached hydrogen (secondary N) is 6. The van der Waals surface area contributed by atoms with Crippen molar-refractivity contribution < 1.29 is 48.5 Å². The molecule has 5 atom stereocenters. The Balaban J connectivity index is 2.04. The van der Waals surface area contributed by atoms with E-state index in [0.29, 0.717) is 11.3 Å². The van der Waals surface area contributed by atoms with E-state index in [1.54, 1.807) is 38.1 Å². The Kier molecular flexibility index (Phi) is 15.5. The highest BCUT2D eigenvalue weighted by atomic mass is 16.5. The van der Waals surface area contributed by atoms with Crippen molar-refractivity contribution in [1.82, 2.24) is 26.6 Å². The fourth-order valence-corrected chi connectivity index (χ4v) is 4.41. The minimum absolute atomic E-state index is 0.0774. The number of urea groups is 1. The third-order valence-electron chi connectivity index (χ3n) is 7.08. The molecule has 1 aliphatic rings. The van der Waals surface area contributed by atoms with Gasteiger partial charge >= 0.3 is 12.0 Å². The highest BCUT2D eigenvalue weighted by Crippen LogP contribution is 2.12. The van der Waals surface area contributed by atoms with Gasteiger partial charge < -0.3 is 58.3 Å². The first-order chi connectivity index (χ1) is 22.2. The van der Waals surface area contributed by atoms with Crippen molar-refractivity contribution in [1.29, 1.82) is 0 Å². The maximum Gasteiger partial charge on any atom is 0.328 e. The molecule has 0 unspecified atom stereocenters. The van der Waals surface area contributed by atoms with Crippen LogP contribution in [0, 0.1) is 5.92 Å². The van der Waals surface area contributed by atoms with Crippen molar-refractivity contribution in [2.75, 3.05) is 25.1 Å². The van der Waals surface area contributed by atoms with E-state index in [9.17, 15) is 43.8 Å². The van der Waals surface area contributed by atoms with Gasteiger partial charge in [-0.1, -0.05) is 26.0 Å². The number of carbonyl (C=O) groups excluding carboxylic acids is 7. The van der Waals surface area contributed by atoms with Crippen LogP contribution in [0.5, 0.6) is 0 Å². The van der Waals surface area contributed by atoms with Gasteiger partial charge in [0.15, 0.2) is 0 Å². The Bertz CT molecular complexity index is 1280. The van der Waals surface area contributed by atoms with E-state index >= 15 is 0 Å². The standard InChI is InChI=1S/C29H44N8O10/c1-15(2)23(37-26(43)21(14-39)36-24(41)18(30)12-22(40)34-20-9-11-47-28(20)45)27(44)35-19(4-3-10-32-29(31)46)25(42)33-17-7-5-16(13-38)6-8-17/h5-8,15,18-21,23,38-39H,3-4,9-14,30H2,1-2H3,(H,33,42)(H,34,40)(H,35,44)(H,36,41)(H,37,43)(H3,31,32,46)/t18-,19-,20-,21-,23-/m0/s1. The minimum Gasteiger partial charge on any atom is -0.464 e. The zero-order chi connectivity index (χ0) is 35.1. The van der Waals surface area contributed by atoms with Gasteiger partial charge in [-0.05, 0) is 36.5 Å². The van der Waals surface area contributed by atoms with Crippen LogP contribution < -0.4 is 43.4 Å². The monoisotopic (exact) mass is 664 g/mol. The number of cyclic esters (lactones) is 1. The summed E-state index contributed by atoms with van der Waals surface area (Å²) in [5.41, 5.74) is 11.9. The molecule has 0 bridgehead atoms. The van der Waals surface area contributed by atoms with Crippen LogP contribution in [0.25, 0.3) is 0 Å². The molecule has 2 rings (SSSR count). The molecule has 0 radical (unpaired) electrons. The third kappa shape index (κ3) is 12.8. The van der Waals surface area contributed by atoms with Crippen LogP contribution in [0.3, 0.4) is 0 Å². The normalized spacial score (nSPS) is 16.6. The van der Waals surface area contributed by atoms with Crippen molar-refractivity contribution in [3.8, 4) is 0 Å². The minimum atomic E-state index is -1.55. The zero-order valence-electron chi connectivity index (χ0n) is 26.2. The van der Waals surface area contributed by atoms with Crippen LogP contribution in [0.15, 0.2) is 24.3 Å². The van der Waals surface area contributed by atoms with Crippen molar-refractivity contribution in [3.63, 3.8) is 0 Å². The lowest BCUT2D eigenvalue weighted by molar-refractivity contribution is -0.141. The van der Waals surface area contributed by atoms with E-state index in [-0.39, 0.29) is 39.0 Å². The summed E-state index contributed by atoms with van der Waals surface area (Å²) in [6.45, 7) is 2.47. The maximum absolute atomic E-state index is 13.4. The molecule has 0 aliphatic carbocycles. The molecule has 1 aliphatic heterocycles. The van der Waals surface area contributed by atoms with Gasteiger partial charge in [-0.25, -0.2) is 9.59 Å². The van der Waals surface area contributed by atoms with E-state index in [1.807, 2.05) is 0 Å². The van der Waals surface area contributed by atoms with E-state index in [2.05, 4.69) is 31.9 Å². The summed E-state index contributed by atoms with van der Waals surface area (Å²) < 4.78 is 4.76. The van der Waals surface area contributed by atoms with E-state index < -0.39 is 90.7 Å². The number of nitrogens with two attached hydrogens (primary N) is 2. The lowest BCUT2D eigenvalue weighted by Crippen LogP contribution is -2.59. The van der Waals surface area contributed by atoms with Crippen molar-refractivity contribution in [2.45, 2.75) is 76.3 Å². The van der Waals surface area contributed by atoms with Crippen LogP contribution in [0.4, 0.5) is 10.5 Å². The Morgan fingerprint density at radius 3 is 2.15 bits per heavy atom. The SMILES string of the molecule is CC(C)[C@H](NC(=O)[C@H](CO)NC(=O)[C@@H](N)CC(=O)N[C@H]1CCOC1=O)C(=O)N[C@@H](CCCNC(N)=O)C(=O)Nc1ccc(CO)cc1. The number of amides is 7. The summed E-state index contributed by atoms with van der Waals surface area (Å²) in [5, 5.41) is 33.9. The summed E-state index contributed by atoms with van der Waals surface area (Å²) in [5.74, 6) is -5.02. The van der Waals surface area contributed by atoms with Crippen molar-refractivity contribution >= 4 is 47.2 Å². The topological polar surface area (TPSA) is 293 Å². The lowest BCUT2D eigenvalue weighted by Gasteiger charge is -2.27. The Morgan fingerprint density at radius 2 is 1.60 bits per heavy atom. The summed E-state index contributed by atoms with van der Waals surface area (Å²) in [4.78, 5) is 87.0. The van der Waals surface area contributed by atoms with Gasteiger partial charge in [0.25, 0.3) is 0 Å². The number of benzene rings is 1. The van der Waals surface area contributed by atoms with Gasteiger partial charge in [0.1, 0.15) is 24.2 Å². The van der Waals surface area contributed by atoms with E-state index in [1.165, 1.54) is 0 Å². The molecule has 0 aromatic heterocycles. The molecule has 1 fully saturated rings. The summed E-state index contributed by atoms with van der Waals surface area (Å²) >= 11 is 0. The van der Waals surface area contributed by atoms with Crippen molar-refractivity contribution in [2.24, 2.45) is 17.4 Å².